The van der Waals surface area contributed by atoms with Crippen LogP contribution in [-0.4, -0.2) is 36.3 Å². The third kappa shape index (κ3) is 5.59. The quantitative estimate of drug-likeness (QED) is 0.775. The second-order valence-corrected chi connectivity index (χ2v) is 7.96. The highest BCUT2D eigenvalue weighted by molar-refractivity contribution is 5.96. The van der Waals surface area contributed by atoms with E-state index in [4.69, 9.17) is 0 Å². The van der Waals surface area contributed by atoms with Crippen LogP contribution in [0.15, 0.2) is 36.4 Å². The van der Waals surface area contributed by atoms with E-state index in [0.717, 1.165) is 42.7 Å². The Balaban J connectivity index is 1.55. The number of hydrogen-bond donors (Lipinski definition) is 2. The van der Waals surface area contributed by atoms with Gasteiger partial charge in [-0.05, 0) is 69.0 Å². The number of amides is 2. The fraction of sp³-hybridized carbons (Fsp3) is 0.417. The number of hydrogen-bond acceptors (Lipinski definition) is 3. The summed E-state index contributed by atoms with van der Waals surface area (Å²) in [6.45, 7) is 8.01. The predicted molar refractivity (Wildman–Crippen MR) is 119 cm³/mol. The van der Waals surface area contributed by atoms with Crippen molar-refractivity contribution in [1.82, 2.24) is 4.90 Å². The zero-order chi connectivity index (χ0) is 20.8. The van der Waals surface area contributed by atoms with Gasteiger partial charge in [-0.1, -0.05) is 30.5 Å². The largest absolute Gasteiger partial charge is 0.376 e. The Hall–Kier alpha value is -2.82. The van der Waals surface area contributed by atoms with Crippen LogP contribution in [0.25, 0.3) is 0 Å². The maximum absolute atomic E-state index is 12.7. The molecule has 0 unspecified atom stereocenters. The maximum atomic E-state index is 12.7. The molecule has 0 aliphatic carbocycles. The SMILES string of the molecule is Cc1cc(C)c(NCC(=O)Nc2ccc(C(=O)N3CCCCCC3)cc2)c(C)c1. The summed E-state index contributed by atoms with van der Waals surface area (Å²) in [7, 11) is 0. The number of nitrogens with one attached hydrogen (secondary N) is 2. The molecule has 2 aromatic rings. The first-order valence-corrected chi connectivity index (χ1v) is 10.4. The average Bonchev–Trinajstić information content (AvgIpc) is 2.96. The third-order valence-corrected chi connectivity index (χ3v) is 5.41. The molecule has 154 valence electrons. The normalized spacial score (nSPS) is 14.2. The van der Waals surface area contributed by atoms with Crippen molar-refractivity contribution in [2.45, 2.75) is 46.5 Å². The zero-order valence-corrected chi connectivity index (χ0v) is 17.7. The van der Waals surface area contributed by atoms with Crippen LogP contribution >= 0.6 is 0 Å². The van der Waals surface area contributed by atoms with Crippen molar-refractivity contribution in [2.75, 3.05) is 30.3 Å². The Morgan fingerprint density at radius 1 is 0.897 bits per heavy atom. The van der Waals surface area contributed by atoms with Crippen LogP contribution < -0.4 is 10.6 Å². The Morgan fingerprint density at radius 2 is 1.48 bits per heavy atom. The lowest BCUT2D eigenvalue weighted by Crippen LogP contribution is -2.31. The van der Waals surface area contributed by atoms with E-state index in [1.807, 2.05) is 18.7 Å². The molecule has 0 bridgehead atoms. The van der Waals surface area contributed by atoms with E-state index in [0.29, 0.717) is 11.3 Å². The van der Waals surface area contributed by atoms with Crippen LogP contribution in [0.1, 0.15) is 52.7 Å². The number of nitrogens with zero attached hydrogens (tertiary/aromatic N) is 1. The van der Waals surface area contributed by atoms with Crippen molar-refractivity contribution in [3.8, 4) is 0 Å². The van der Waals surface area contributed by atoms with Gasteiger partial charge >= 0.3 is 0 Å². The molecule has 1 saturated heterocycles. The van der Waals surface area contributed by atoms with Crippen molar-refractivity contribution < 1.29 is 9.59 Å². The molecule has 29 heavy (non-hydrogen) atoms. The Bertz CT molecular complexity index is 843. The summed E-state index contributed by atoms with van der Waals surface area (Å²) in [5.74, 6) is -0.0345. The second kappa shape index (κ2) is 9.59. The van der Waals surface area contributed by atoms with Gasteiger partial charge in [0, 0.05) is 30.0 Å². The average molecular weight is 394 g/mol. The summed E-state index contributed by atoms with van der Waals surface area (Å²) in [5, 5.41) is 6.13. The van der Waals surface area contributed by atoms with E-state index >= 15 is 0 Å². The molecule has 1 heterocycles. The van der Waals surface area contributed by atoms with Crippen molar-refractivity contribution in [3.63, 3.8) is 0 Å². The highest BCUT2D eigenvalue weighted by Gasteiger charge is 2.17. The summed E-state index contributed by atoms with van der Waals surface area (Å²) >= 11 is 0. The zero-order valence-electron chi connectivity index (χ0n) is 17.7. The minimum atomic E-state index is -0.115. The van der Waals surface area contributed by atoms with E-state index < -0.39 is 0 Å². The lowest BCUT2D eigenvalue weighted by Gasteiger charge is -2.20. The summed E-state index contributed by atoms with van der Waals surface area (Å²) < 4.78 is 0. The van der Waals surface area contributed by atoms with Crippen molar-refractivity contribution in [1.29, 1.82) is 0 Å². The van der Waals surface area contributed by atoms with E-state index in [9.17, 15) is 9.59 Å². The van der Waals surface area contributed by atoms with Gasteiger partial charge < -0.3 is 15.5 Å². The van der Waals surface area contributed by atoms with Crippen molar-refractivity contribution in [2.24, 2.45) is 0 Å². The Kier molecular flexibility index (Phi) is 6.91. The second-order valence-electron chi connectivity index (χ2n) is 7.96. The molecule has 0 radical (unpaired) electrons. The van der Waals surface area contributed by atoms with E-state index in [-0.39, 0.29) is 18.4 Å². The highest BCUT2D eigenvalue weighted by atomic mass is 16.2. The first-order chi connectivity index (χ1) is 13.9. The van der Waals surface area contributed by atoms with Crippen LogP contribution in [0.2, 0.25) is 0 Å². The van der Waals surface area contributed by atoms with Crippen LogP contribution in [0, 0.1) is 20.8 Å². The molecule has 2 N–H and O–H groups in total. The number of rotatable bonds is 5. The van der Waals surface area contributed by atoms with Gasteiger partial charge in [0.1, 0.15) is 0 Å². The molecule has 1 aliphatic heterocycles. The van der Waals surface area contributed by atoms with Gasteiger partial charge in [0.05, 0.1) is 6.54 Å². The summed E-state index contributed by atoms with van der Waals surface area (Å²) in [4.78, 5) is 26.9. The molecular formula is C24H31N3O2. The predicted octanol–water partition coefficient (Wildman–Crippen LogP) is 4.68. The standard InChI is InChI=1S/C24H31N3O2/c1-17-14-18(2)23(19(3)15-17)25-16-22(28)26-21-10-8-20(9-11-21)24(29)27-12-6-4-5-7-13-27/h8-11,14-15,25H,4-7,12-13,16H2,1-3H3,(H,26,28). The monoisotopic (exact) mass is 393 g/mol. The minimum Gasteiger partial charge on any atom is -0.376 e. The molecule has 5 nitrogen and oxygen atoms in total. The molecule has 0 spiro atoms. The first kappa shape index (κ1) is 20.9. The summed E-state index contributed by atoms with van der Waals surface area (Å²) in [6.07, 6.45) is 4.55. The minimum absolute atomic E-state index is 0.0803. The Labute approximate surface area is 173 Å². The van der Waals surface area contributed by atoms with E-state index in [1.165, 1.54) is 18.4 Å². The maximum Gasteiger partial charge on any atom is 0.253 e. The smallest absolute Gasteiger partial charge is 0.253 e. The van der Waals surface area contributed by atoms with Crippen LogP contribution in [0.3, 0.4) is 0 Å². The molecule has 5 heteroatoms. The van der Waals surface area contributed by atoms with Gasteiger partial charge in [-0.2, -0.15) is 0 Å². The molecule has 2 amide bonds. The molecule has 1 fully saturated rings. The van der Waals surface area contributed by atoms with E-state index in [1.54, 1.807) is 24.3 Å². The Morgan fingerprint density at radius 3 is 2.07 bits per heavy atom. The molecule has 3 rings (SSSR count). The van der Waals surface area contributed by atoms with Gasteiger partial charge in [-0.15, -0.1) is 0 Å². The molecule has 0 aromatic heterocycles. The fourth-order valence-corrected chi connectivity index (χ4v) is 3.99. The molecular weight excluding hydrogens is 362 g/mol. The summed E-state index contributed by atoms with van der Waals surface area (Å²) in [5.41, 5.74) is 5.85. The van der Waals surface area contributed by atoms with Gasteiger partial charge in [0.25, 0.3) is 5.91 Å². The van der Waals surface area contributed by atoms with Crippen molar-refractivity contribution >= 4 is 23.2 Å². The van der Waals surface area contributed by atoms with Crippen LogP contribution in [0.5, 0.6) is 0 Å². The lowest BCUT2D eigenvalue weighted by molar-refractivity contribution is -0.114. The molecule has 2 aromatic carbocycles. The number of carbonyl (C=O) groups is 2. The van der Waals surface area contributed by atoms with E-state index in [2.05, 4.69) is 29.7 Å². The lowest BCUT2D eigenvalue weighted by atomic mass is 10.1. The molecule has 1 aliphatic rings. The van der Waals surface area contributed by atoms with Gasteiger partial charge in [-0.3, -0.25) is 9.59 Å². The topological polar surface area (TPSA) is 61.4 Å². The van der Waals surface area contributed by atoms with Gasteiger partial charge in [0.2, 0.25) is 5.91 Å². The molecule has 0 saturated carbocycles. The first-order valence-electron chi connectivity index (χ1n) is 10.4. The van der Waals surface area contributed by atoms with Crippen LogP contribution in [0.4, 0.5) is 11.4 Å². The number of carbonyl (C=O) groups excluding carboxylic acids is 2. The highest BCUT2D eigenvalue weighted by Crippen LogP contribution is 2.21. The number of anilines is 2. The van der Waals surface area contributed by atoms with Crippen LogP contribution in [-0.2, 0) is 4.79 Å². The van der Waals surface area contributed by atoms with Gasteiger partial charge in [-0.25, -0.2) is 0 Å². The fourth-order valence-electron chi connectivity index (χ4n) is 3.99. The number of likely N-dealkylation sites (tertiary alicyclic amines) is 1. The third-order valence-electron chi connectivity index (χ3n) is 5.41. The number of aryl methyl sites for hydroxylation is 3. The van der Waals surface area contributed by atoms with Gasteiger partial charge in [0.15, 0.2) is 0 Å². The number of benzene rings is 2. The molecule has 0 atom stereocenters. The van der Waals surface area contributed by atoms with Crippen molar-refractivity contribution in [3.05, 3.63) is 58.7 Å². The summed E-state index contributed by atoms with van der Waals surface area (Å²) in [6, 6.07) is 11.4.